The van der Waals surface area contributed by atoms with E-state index in [1.807, 2.05) is 0 Å². The van der Waals surface area contributed by atoms with E-state index in [2.05, 4.69) is 142 Å². The summed E-state index contributed by atoms with van der Waals surface area (Å²) >= 11 is 0. The first-order valence-electron chi connectivity index (χ1n) is 34.5. The molecule has 0 aliphatic carbocycles. The molecule has 0 saturated heterocycles. The van der Waals surface area contributed by atoms with E-state index >= 15 is 0 Å². The molecule has 0 aliphatic rings. The van der Waals surface area contributed by atoms with Crippen molar-refractivity contribution in [2.75, 3.05) is 13.2 Å². The van der Waals surface area contributed by atoms with E-state index in [4.69, 9.17) is 14.2 Å². The molecule has 1 atom stereocenters. The van der Waals surface area contributed by atoms with E-state index < -0.39 is 6.10 Å². The highest BCUT2D eigenvalue weighted by Crippen LogP contribution is 2.16. The van der Waals surface area contributed by atoms with Gasteiger partial charge in [0, 0.05) is 19.3 Å². The molecule has 0 amide bonds. The molecule has 6 nitrogen and oxygen atoms in total. The normalized spacial score (nSPS) is 12.9. The van der Waals surface area contributed by atoms with E-state index in [1.54, 1.807) is 0 Å². The van der Waals surface area contributed by atoms with Gasteiger partial charge in [0.15, 0.2) is 6.10 Å². The molecule has 0 aromatic rings. The molecule has 0 bridgehead atoms. The van der Waals surface area contributed by atoms with Gasteiger partial charge in [-0.25, -0.2) is 0 Å². The number of carbonyl (C=O) groups excluding carboxylic acids is 3. The predicted octanol–water partition coefficient (Wildman–Crippen LogP) is 23.9. The molecule has 0 spiro atoms. The summed E-state index contributed by atoms with van der Waals surface area (Å²) in [5.74, 6) is -0.894. The summed E-state index contributed by atoms with van der Waals surface area (Å²) in [6.07, 6.45) is 96.5. The van der Waals surface area contributed by atoms with Crippen LogP contribution in [0.2, 0.25) is 0 Å². The van der Waals surface area contributed by atoms with Crippen molar-refractivity contribution >= 4 is 17.9 Å². The number of hydrogen-bond acceptors (Lipinski definition) is 6. The summed E-state index contributed by atoms with van der Waals surface area (Å²) in [6.45, 7) is 6.42. The number of allylic oxidation sites excluding steroid dienone is 20. The molecule has 0 radical (unpaired) electrons. The van der Waals surface area contributed by atoms with Gasteiger partial charge in [0.25, 0.3) is 0 Å². The molecular formula is C76H128O6. The summed E-state index contributed by atoms with van der Waals surface area (Å²) in [4.78, 5) is 38.4. The highest BCUT2D eigenvalue weighted by molar-refractivity contribution is 5.71. The van der Waals surface area contributed by atoms with Gasteiger partial charge in [-0.3, -0.25) is 14.4 Å². The van der Waals surface area contributed by atoms with Crippen LogP contribution in [-0.4, -0.2) is 37.2 Å². The minimum Gasteiger partial charge on any atom is -0.462 e. The van der Waals surface area contributed by atoms with Gasteiger partial charge >= 0.3 is 17.9 Å². The molecule has 82 heavy (non-hydrogen) atoms. The van der Waals surface area contributed by atoms with Crippen LogP contribution in [0.25, 0.3) is 0 Å². The molecule has 0 aromatic heterocycles. The maximum absolute atomic E-state index is 12.9. The predicted molar refractivity (Wildman–Crippen MR) is 357 cm³/mol. The van der Waals surface area contributed by atoms with Crippen molar-refractivity contribution in [2.24, 2.45) is 0 Å². The largest absolute Gasteiger partial charge is 0.462 e. The topological polar surface area (TPSA) is 78.9 Å². The lowest BCUT2D eigenvalue weighted by Gasteiger charge is -2.18. The third-order valence-electron chi connectivity index (χ3n) is 14.7. The van der Waals surface area contributed by atoms with E-state index in [1.165, 1.54) is 154 Å². The van der Waals surface area contributed by atoms with Gasteiger partial charge in [0.2, 0.25) is 0 Å². The Labute approximate surface area is 507 Å². The minimum atomic E-state index is -0.789. The van der Waals surface area contributed by atoms with Crippen LogP contribution in [-0.2, 0) is 28.6 Å². The van der Waals surface area contributed by atoms with Crippen molar-refractivity contribution in [2.45, 2.75) is 329 Å². The van der Waals surface area contributed by atoms with Crippen LogP contribution in [0, 0.1) is 0 Å². The van der Waals surface area contributed by atoms with Crippen molar-refractivity contribution in [1.82, 2.24) is 0 Å². The van der Waals surface area contributed by atoms with E-state index in [9.17, 15) is 14.4 Å². The van der Waals surface area contributed by atoms with Crippen LogP contribution in [0.1, 0.15) is 323 Å². The SMILES string of the molecule is CC/C=C\C/C=C\C/C=C\C/C=C\C/C=C\C/C=C\CCCCCCCCCCCCCCCCC(=O)OCC(COC(=O)CCCCCCC/C=C\CCCCCCC)OC(=O)CCCCCCCCC/C=C\C/C=C\C/C=C\CC. The number of carbonyl (C=O) groups is 3. The first-order chi connectivity index (χ1) is 40.5. The second-order valence-corrected chi connectivity index (χ2v) is 22.7. The number of rotatable bonds is 62. The maximum atomic E-state index is 12.9. The van der Waals surface area contributed by atoms with Gasteiger partial charge in [0.1, 0.15) is 13.2 Å². The number of unbranched alkanes of at least 4 members (excludes halogenated alkanes) is 31. The molecule has 0 fully saturated rings. The van der Waals surface area contributed by atoms with Crippen molar-refractivity contribution < 1.29 is 28.6 Å². The lowest BCUT2D eigenvalue weighted by Crippen LogP contribution is -2.30. The molecule has 0 aromatic carbocycles. The van der Waals surface area contributed by atoms with Crippen LogP contribution in [0.5, 0.6) is 0 Å². The third kappa shape index (κ3) is 66.6. The van der Waals surface area contributed by atoms with Crippen molar-refractivity contribution in [3.8, 4) is 0 Å². The Morgan fingerprint density at radius 3 is 0.756 bits per heavy atom. The quantitative estimate of drug-likeness (QED) is 0.0261. The van der Waals surface area contributed by atoms with Gasteiger partial charge in [0.05, 0.1) is 0 Å². The molecule has 1 unspecified atom stereocenters. The van der Waals surface area contributed by atoms with Crippen LogP contribution < -0.4 is 0 Å². The highest BCUT2D eigenvalue weighted by atomic mass is 16.6. The molecule has 0 N–H and O–H groups in total. The molecule has 468 valence electrons. The first-order valence-corrected chi connectivity index (χ1v) is 34.5. The van der Waals surface area contributed by atoms with E-state index in [0.29, 0.717) is 19.3 Å². The lowest BCUT2D eigenvalue weighted by molar-refractivity contribution is -0.167. The van der Waals surface area contributed by atoms with Crippen LogP contribution in [0.4, 0.5) is 0 Å². The number of hydrogen-bond donors (Lipinski definition) is 0. The molecule has 0 heterocycles. The Morgan fingerprint density at radius 2 is 0.476 bits per heavy atom. The van der Waals surface area contributed by atoms with Gasteiger partial charge in [-0.05, 0) is 128 Å². The smallest absolute Gasteiger partial charge is 0.306 e. The lowest BCUT2D eigenvalue weighted by atomic mass is 10.0. The Bertz CT molecular complexity index is 1690. The summed E-state index contributed by atoms with van der Waals surface area (Å²) in [5.41, 5.74) is 0. The fourth-order valence-electron chi connectivity index (χ4n) is 9.57. The van der Waals surface area contributed by atoms with Gasteiger partial charge in [-0.15, -0.1) is 0 Å². The zero-order valence-electron chi connectivity index (χ0n) is 53.7. The fourth-order valence-corrected chi connectivity index (χ4v) is 9.57. The van der Waals surface area contributed by atoms with E-state index in [-0.39, 0.29) is 31.1 Å². The molecule has 6 heteroatoms. The molecule has 0 aliphatic heterocycles. The summed E-state index contributed by atoms with van der Waals surface area (Å²) in [5, 5.41) is 0. The zero-order chi connectivity index (χ0) is 59.2. The Balaban J connectivity index is 4.23. The summed E-state index contributed by atoms with van der Waals surface area (Å²) in [6, 6.07) is 0. The third-order valence-corrected chi connectivity index (χ3v) is 14.7. The second-order valence-electron chi connectivity index (χ2n) is 22.7. The molecular weight excluding hydrogens is 1010 g/mol. The average Bonchev–Trinajstić information content (AvgIpc) is 3.47. The van der Waals surface area contributed by atoms with Crippen molar-refractivity contribution in [3.05, 3.63) is 122 Å². The van der Waals surface area contributed by atoms with Crippen LogP contribution >= 0.6 is 0 Å². The highest BCUT2D eigenvalue weighted by Gasteiger charge is 2.19. The maximum Gasteiger partial charge on any atom is 0.306 e. The Hall–Kier alpha value is -4.19. The summed E-state index contributed by atoms with van der Waals surface area (Å²) < 4.78 is 16.9. The standard InChI is InChI=1S/C76H128O6/c1-4-7-10-13-16-19-22-25-28-30-31-32-33-34-35-36-37-38-39-40-41-42-43-44-45-47-48-51-54-57-60-63-66-69-75(78)81-72-73(71-80-74(77)68-65-62-59-56-53-50-27-24-21-18-15-12-9-6-3)82-76(79)70-67-64-61-58-55-52-49-46-29-26-23-20-17-14-11-8-5-2/h7-8,10-11,16-17,19-20,24-29,31-32,34-35,37-38,73H,4-6,9,12-15,18,21-23,30,33,36,39-72H2,1-3H3/b10-7-,11-8-,19-16-,20-17-,27-24-,28-25-,29-26-,32-31-,35-34-,38-37-. The van der Waals surface area contributed by atoms with Gasteiger partial charge < -0.3 is 14.2 Å². The van der Waals surface area contributed by atoms with E-state index in [0.717, 1.165) is 128 Å². The monoisotopic (exact) mass is 1140 g/mol. The summed E-state index contributed by atoms with van der Waals surface area (Å²) in [7, 11) is 0. The second kappa shape index (κ2) is 69.3. The van der Waals surface area contributed by atoms with Crippen molar-refractivity contribution in [1.29, 1.82) is 0 Å². The minimum absolute atomic E-state index is 0.0846. The van der Waals surface area contributed by atoms with Crippen molar-refractivity contribution in [3.63, 3.8) is 0 Å². The Morgan fingerprint density at radius 1 is 0.256 bits per heavy atom. The average molecular weight is 1140 g/mol. The first kappa shape index (κ1) is 77.8. The van der Waals surface area contributed by atoms with Crippen LogP contribution in [0.3, 0.4) is 0 Å². The molecule has 0 saturated carbocycles. The number of esters is 3. The fraction of sp³-hybridized carbons (Fsp3) is 0.697. The molecule has 0 rings (SSSR count). The zero-order valence-corrected chi connectivity index (χ0v) is 53.7. The van der Waals surface area contributed by atoms with Crippen LogP contribution in [0.15, 0.2) is 122 Å². The van der Waals surface area contributed by atoms with Gasteiger partial charge in [-0.1, -0.05) is 296 Å². The van der Waals surface area contributed by atoms with Gasteiger partial charge in [-0.2, -0.15) is 0 Å². The Kier molecular flexibility index (Phi) is 65.8. The number of ether oxygens (including phenoxy) is 3.